The Labute approximate surface area is 158 Å². The van der Waals surface area contributed by atoms with E-state index in [0.29, 0.717) is 23.7 Å². The Hall–Kier alpha value is -2.70. The second-order valence-corrected chi connectivity index (χ2v) is 7.51. The van der Waals surface area contributed by atoms with Crippen molar-refractivity contribution in [2.24, 2.45) is 0 Å². The van der Waals surface area contributed by atoms with Gasteiger partial charge in [0.05, 0.1) is 12.6 Å². The first kappa shape index (κ1) is 17.7. The Morgan fingerprint density at radius 2 is 1.81 bits per heavy atom. The van der Waals surface area contributed by atoms with Gasteiger partial charge in [0.2, 0.25) is 0 Å². The van der Waals surface area contributed by atoms with Crippen LogP contribution in [-0.2, 0) is 6.54 Å². The second kappa shape index (κ2) is 7.13. The van der Waals surface area contributed by atoms with Crippen LogP contribution in [0.5, 0.6) is 0 Å². The number of hydrogen-bond donors (Lipinski definition) is 1. The van der Waals surface area contributed by atoms with Gasteiger partial charge in [0.25, 0.3) is 11.8 Å². The van der Waals surface area contributed by atoms with Gasteiger partial charge in [0.15, 0.2) is 0 Å². The molecule has 7 heteroatoms. The molecule has 2 fully saturated rings. The van der Waals surface area contributed by atoms with Crippen LogP contribution in [0.25, 0.3) is 0 Å². The van der Waals surface area contributed by atoms with Gasteiger partial charge in [0.1, 0.15) is 11.6 Å². The number of amides is 2. The van der Waals surface area contributed by atoms with E-state index >= 15 is 0 Å². The van der Waals surface area contributed by atoms with Crippen LogP contribution in [0.15, 0.2) is 24.3 Å². The smallest absolute Gasteiger partial charge is 0.254 e. The first-order chi connectivity index (χ1) is 13.0. The third kappa shape index (κ3) is 3.86. The molecule has 142 valence electrons. The molecule has 0 radical (unpaired) electrons. The minimum absolute atomic E-state index is 0.0149. The fourth-order valence-electron chi connectivity index (χ4n) is 3.65. The highest BCUT2D eigenvalue weighted by Gasteiger charge is 2.30. The molecule has 1 aromatic carbocycles. The van der Waals surface area contributed by atoms with Crippen LogP contribution >= 0.6 is 0 Å². The normalized spacial score (nSPS) is 19.3. The van der Waals surface area contributed by atoms with Crippen LogP contribution in [0.1, 0.15) is 58.0 Å². The van der Waals surface area contributed by atoms with Crippen molar-refractivity contribution in [3.63, 3.8) is 0 Å². The largest absolute Gasteiger partial charge is 0.349 e. The Morgan fingerprint density at radius 1 is 1.11 bits per heavy atom. The zero-order chi connectivity index (χ0) is 19.0. The lowest BCUT2D eigenvalue weighted by Crippen LogP contribution is -2.38. The molecule has 0 bridgehead atoms. The van der Waals surface area contributed by atoms with E-state index in [2.05, 4.69) is 15.4 Å². The van der Waals surface area contributed by atoms with Crippen molar-refractivity contribution in [3.8, 4) is 0 Å². The molecule has 0 unspecified atom stereocenters. The summed E-state index contributed by atoms with van der Waals surface area (Å²) in [6.45, 7) is 5.23. The van der Waals surface area contributed by atoms with Gasteiger partial charge in [-0.25, -0.2) is 9.67 Å². The van der Waals surface area contributed by atoms with Gasteiger partial charge in [-0.1, -0.05) is 0 Å². The molecule has 2 amide bonds. The summed E-state index contributed by atoms with van der Waals surface area (Å²) in [4.78, 5) is 31.4. The number of benzene rings is 1. The molecule has 7 nitrogen and oxygen atoms in total. The van der Waals surface area contributed by atoms with E-state index < -0.39 is 0 Å². The SMILES string of the molecule is Cc1nc(C)n(C[C@@H]2CCCN2C(=O)c2ccc(C(=O)NC3CC3)cc2)n1. The molecule has 2 aromatic rings. The van der Waals surface area contributed by atoms with Crippen LogP contribution in [0.4, 0.5) is 0 Å². The number of aryl methyl sites for hydroxylation is 2. The zero-order valence-corrected chi connectivity index (χ0v) is 15.8. The molecule has 1 atom stereocenters. The van der Waals surface area contributed by atoms with E-state index in [-0.39, 0.29) is 17.9 Å². The summed E-state index contributed by atoms with van der Waals surface area (Å²) in [7, 11) is 0. The summed E-state index contributed by atoms with van der Waals surface area (Å²) in [6, 6.07) is 7.43. The molecule has 27 heavy (non-hydrogen) atoms. The average molecular weight is 367 g/mol. The molecule has 0 spiro atoms. The molecular formula is C20H25N5O2. The summed E-state index contributed by atoms with van der Waals surface area (Å²) in [6.07, 6.45) is 4.07. The van der Waals surface area contributed by atoms with Crippen LogP contribution in [-0.4, -0.2) is 50.1 Å². The molecule has 1 N–H and O–H groups in total. The maximum atomic E-state index is 13.0. The quantitative estimate of drug-likeness (QED) is 0.878. The molecule has 1 aromatic heterocycles. The van der Waals surface area contributed by atoms with Crippen molar-refractivity contribution < 1.29 is 9.59 Å². The van der Waals surface area contributed by atoms with E-state index in [4.69, 9.17) is 0 Å². The Balaban J connectivity index is 1.44. The Bertz CT molecular complexity index is 854. The fraction of sp³-hybridized carbons (Fsp3) is 0.500. The molecule has 1 saturated heterocycles. The van der Waals surface area contributed by atoms with Crippen LogP contribution in [0.2, 0.25) is 0 Å². The highest BCUT2D eigenvalue weighted by Crippen LogP contribution is 2.23. The van der Waals surface area contributed by atoms with Gasteiger partial charge in [0, 0.05) is 23.7 Å². The standard InChI is InChI=1S/C20H25N5O2/c1-13-21-14(2)25(23-13)12-18-4-3-11-24(18)20(27)16-7-5-15(6-8-16)19(26)22-17-9-10-17/h5-8,17-18H,3-4,9-12H2,1-2H3,(H,22,26)/t18-/m0/s1. The van der Waals surface area contributed by atoms with Crippen molar-refractivity contribution in [1.82, 2.24) is 25.0 Å². The number of rotatable bonds is 5. The Kier molecular flexibility index (Phi) is 4.68. The van der Waals surface area contributed by atoms with Gasteiger partial charge in [-0.05, 0) is 63.8 Å². The summed E-state index contributed by atoms with van der Waals surface area (Å²) in [5.41, 5.74) is 1.22. The number of nitrogens with one attached hydrogen (secondary N) is 1. The second-order valence-electron chi connectivity index (χ2n) is 7.51. The Morgan fingerprint density at radius 3 is 2.44 bits per heavy atom. The first-order valence-corrected chi connectivity index (χ1v) is 9.61. The van der Waals surface area contributed by atoms with Crippen LogP contribution in [0, 0.1) is 13.8 Å². The van der Waals surface area contributed by atoms with E-state index in [1.165, 1.54) is 0 Å². The van der Waals surface area contributed by atoms with Gasteiger partial charge >= 0.3 is 0 Å². The van der Waals surface area contributed by atoms with Gasteiger partial charge in [-0.2, -0.15) is 5.10 Å². The first-order valence-electron chi connectivity index (χ1n) is 9.61. The van der Waals surface area contributed by atoms with E-state index in [1.54, 1.807) is 24.3 Å². The highest BCUT2D eigenvalue weighted by atomic mass is 16.2. The predicted octanol–water partition coefficient (Wildman–Crippen LogP) is 2.09. The molecule has 1 aliphatic carbocycles. The van der Waals surface area contributed by atoms with Gasteiger partial charge in [-0.3, -0.25) is 9.59 Å². The van der Waals surface area contributed by atoms with Crippen LogP contribution < -0.4 is 5.32 Å². The molecule has 4 rings (SSSR count). The van der Waals surface area contributed by atoms with E-state index in [0.717, 1.165) is 43.9 Å². The molecule has 2 heterocycles. The lowest BCUT2D eigenvalue weighted by atomic mass is 10.1. The van der Waals surface area contributed by atoms with Crippen molar-refractivity contribution in [1.29, 1.82) is 0 Å². The highest BCUT2D eigenvalue weighted by molar-refractivity contribution is 5.98. The number of likely N-dealkylation sites (tertiary alicyclic amines) is 1. The van der Waals surface area contributed by atoms with Crippen molar-refractivity contribution in [2.45, 2.75) is 58.2 Å². The van der Waals surface area contributed by atoms with Crippen LogP contribution in [0.3, 0.4) is 0 Å². The zero-order valence-electron chi connectivity index (χ0n) is 15.8. The van der Waals surface area contributed by atoms with Crippen molar-refractivity contribution in [2.75, 3.05) is 6.54 Å². The maximum Gasteiger partial charge on any atom is 0.254 e. The van der Waals surface area contributed by atoms with E-state index in [9.17, 15) is 9.59 Å². The minimum atomic E-state index is -0.0624. The van der Waals surface area contributed by atoms with Crippen molar-refractivity contribution in [3.05, 3.63) is 47.0 Å². The number of carbonyl (C=O) groups is 2. The molecule has 2 aliphatic rings. The van der Waals surface area contributed by atoms with Gasteiger partial charge < -0.3 is 10.2 Å². The lowest BCUT2D eigenvalue weighted by molar-refractivity contribution is 0.0720. The predicted molar refractivity (Wildman–Crippen MR) is 100 cm³/mol. The van der Waals surface area contributed by atoms with E-state index in [1.807, 2.05) is 23.4 Å². The number of carbonyl (C=O) groups excluding carboxylic acids is 2. The number of hydrogen-bond acceptors (Lipinski definition) is 4. The maximum absolute atomic E-state index is 13.0. The summed E-state index contributed by atoms with van der Waals surface area (Å²) in [5.74, 6) is 1.58. The average Bonchev–Trinajstić information content (AvgIpc) is 3.25. The van der Waals surface area contributed by atoms with Gasteiger partial charge in [-0.15, -0.1) is 0 Å². The molecular weight excluding hydrogens is 342 g/mol. The minimum Gasteiger partial charge on any atom is -0.349 e. The molecule has 1 saturated carbocycles. The third-order valence-corrected chi connectivity index (χ3v) is 5.29. The fourth-order valence-corrected chi connectivity index (χ4v) is 3.65. The summed E-state index contributed by atoms with van der Waals surface area (Å²) >= 11 is 0. The lowest BCUT2D eigenvalue weighted by Gasteiger charge is -2.25. The topological polar surface area (TPSA) is 80.1 Å². The summed E-state index contributed by atoms with van der Waals surface area (Å²) in [5, 5.41) is 7.39. The summed E-state index contributed by atoms with van der Waals surface area (Å²) < 4.78 is 1.89. The molecule has 1 aliphatic heterocycles. The number of nitrogens with zero attached hydrogens (tertiary/aromatic N) is 4. The monoisotopic (exact) mass is 367 g/mol. The third-order valence-electron chi connectivity index (χ3n) is 5.29. The number of aromatic nitrogens is 3. The van der Waals surface area contributed by atoms with Crippen molar-refractivity contribution >= 4 is 11.8 Å².